The molecule has 0 radical (unpaired) electrons. The lowest BCUT2D eigenvalue weighted by molar-refractivity contribution is -0.121. The molecular weight excluding hydrogens is 326 g/mol. The number of thiazole rings is 1. The third-order valence-electron chi connectivity index (χ3n) is 3.98. The molecule has 3 rings (SSSR count). The fourth-order valence-electron chi connectivity index (χ4n) is 2.75. The molecule has 0 aliphatic carbocycles. The largest absolute Gasteiger partial charge is 0.368 e. The van der Waals surface area contributed by atoms with Gasteiger partial charge in [0.25, 0.3) is 0 Å². The molecule has 0 aromatic carbocycles. The second kappa shape index (κ2) is 7.39. The highest BCUT2D eigenvalue weighted by atomic mass is 32.1. The second-order valence-corrected chi connectivity index (χ2v) is 6.47. The number of nitrogens with one attached hydrogen (secondary N) is 1. The molecule has 8 heteroatoms. The van der Waals surface area contributed by atoms with Gasteiger partial charge in [-0.3, -0.25) is 9.78 Å². The summed E-state index contributed by atoms with van der Waals surface area (Å²) in [7, 11) is 0. The van der Waals surface area contributed by atoms with Crippen LogP contribution >= 0.6 is 11.3 Å². The summed E-state index contributed by atoms with van der Waals surface area (Å²) in [5, 5.41) is 5.77. The monoisotopic (exact) mass is 345 g/mol. The van der Waals surface area contributed by atoms with Crippen molar-refractivity contribution in [3.8, 4) is 10.6 Å². The minimum atomic E-state index is -0.484. The highest BCUT2D eigenvalue weighted by Gasteiger charge is 2.32. The number of hydrogen-bond donors (Lipinski definition) is 2. The Morgan fingerprint density at radius 3 is 2.92 bits per heavy atom. The van der Waals surface area contributed by atoms with Crippen LogP contribution in [0.3, 0.4) is 0 Å². The minimum absolute atomic E-state index is 0.235. The molecule has 0 saturated carbocycles. The maximum Gasteiger partial charge on any atom is 0.318 e. The van der Waals surface area contributed by atoms with Crippen molar-refractivity contribution in [3.63, 3.8) is 0 Å². The lowest BCUT2D eigenvalue weighted by atomic mass is 10.2. The smallest absolute Gasteiger partial charge is 0.318 e. The number of aromatic nitrogens is 2. The molecular formula is C16H19N5O2S. The molecule has 3 amide bonds. The summed E-state index contributed by atoms with van der Waals surface area (Å²) >= 11 is 1.57. The molecule has 126 valence electrons. The zero-order valence-electron chi connectivity index (χ0n) is 13.1. The Bertz CT molecular complexity index is 718. The Balaban J connectivity index is 1.51. The molecule has 2 aromatic heterocycles. The minimum Gasteiger partial charge on any atom is -0.368 e. The van der Waals surface area contributed by atoms with Crippen LogP contribution in [0, 0.1) is 0 Å². The van der Waals surface area contributed by atoms with Gasteiger partial charge in [-0.05, 0) is 25.0 Å². The first-order valence-corrected chi connectivity index (χ1v) is 8.71. The van der Waals surface area contributed by atoms with Gasteiger partial charge in [0.05, 0.1) is 5.69 Å². The first kappa shape index (κ1) is 16.4. The second-order valence-electron chi connectivity index (χ2n) is 5.62. The fourth-order valence-corrected chi connectivity index (χ4v) is 3.61. The van der Waals surface area contributed by atoms with Crippen molar-refractivity contribution in [2.24, 2.45) is 5.73 Å². The number of urea groups is 1. The van der Waals surface area contributed by atoms with E-state index in [-0.39, 0.29) is 6.03 Å². The first-order valence-electron chi connectivity index (χ1n) is 7.84. The van der Waals surface area contributed by atoms with Crippen LogP contribution in [-0.2, 0) is 11.2 Å². The summed E-state index contributed by atoms with van der Waals surface area (Å²) in [6, 6.07) is 3.12. The van der Waals surface area contributed by atoms with E-state index in [4.69, 9.17) is 5.73 Å². The number of hydrogen-bond acceptors (Lipinski definition) is 5. The number of nitrogens with two attached hydrogens (primary N) is 1. The standard InChI is InChI=1S/C16H19N5O2S/c17-14(22)13-2-1-9-21(13)16(23)19-8-5-12-10-24-15(20-12)11-3-6-18-7-4-11/h3-4,6-7,10,13H,1-2,5,8-9H2,(H2,17,22)(H,19,23). The predicted molar refractivity (Wildman–Crippen MR) is 91.4 cm³/mol. The first-order chi connectivity index (χ1) is 11.6. The van der Waals surface area contributed by atoms with E-state index in [0.29, 0.717) is 25.9 Å². The molecule has 0 spiro atoms. The van der Waals surface area contributed by atoms with Crippen molar-refractivity contribution < 1.29 is 9.59 Å². The van der Waals surface area contributed by atoms with E-state index in [0.717, 1.165) is 22.7 Å². The van der Waals surface area contributed by atoms with Gasteiger partial charge in [0.2, 0.25) is 5.91 Å². The number of amides is 3. The molecule has 2 aromatic rings. The summed E-state index contributed by atoms with van der Waals surface area (Å²) in [4.78, 5) is 33.6. The number of carbonyl (C=O) groups excluding carboxylic acids is 2. The predicted octanol–water partition coefficient (Wildman–Crippen LogP) is 1.41. The maximum absolute atomic E-state index is 12.2. The van der Waals surface area contributed by atoms with Gasteiger partial charge in [0.1, 0.15) is 11.0 Å². The van der Waals surface area contributed by atoms with E-state index in [9.17, 15) is 9.59 Å². The van der Waals surface area contributed by atoms with Gasteiger partial charge < -0.3 is 16.0 Å². The Morgan fingerprint density at radius 1 is 1.38 bits per heavy atom. The van der Waals surface area contributed by atoms with Crippen LogP contribution in [0.4, 0.5) is 4.79 Å². The molecule has 1 atom stereocenters. The summed E-state index contributed by atoms with van der Waals surface area (Å²) in [5.41, 5.74) is 7.29. The molecule has 7 nitrogen and oxygen atoms in total. The zero-order valence-corrected chi connectivity index (χ0v) is 14.0. The lowest BCUT2D eigenvalue weighted by Gasteiger charge is -2.22. The van der Waals surface area contributed by atoms with Gasteiger partial charge >= 0.3 is 6.03 Å². The summed E-state index contributed by atoms with van der Waals surface area (Å²) in [6.07, 6.45) is 5.57. The average Bonchev–Trinajstić information content (AvgIpc) is 3.25. The van der Waals surface area contributed by atoms with E-state index in [1.165, 1.54) is 4.90 Å². The molecule has 24 heavy (non-hydrogen) atoms. The Labute approximate surface area is 143 Å². The van der Waals surface area contributed by atoms with Crippen LogP contribution < -0.4 is 11.1 Å². The van der Waals surface area contributed by atoms with Crippen molar-refractivity contribution in [2.45, 2.75) is 25.3 Å². The van der Waals surface area contributed by atoms with Gasteiger partial charge in [-0.1, -0.05) is 0 Å². The van der Waals surface area contributed by atoms with Crippen molar-refractivity contribution >= 4 is 23.3 Å². The quantitative estimate of drug-likeness (QED) is 0.855. The van der Waals surface area contributed by atoms with Crippen LogP contribution in [0.15, 0.2) is 29.9 Å². The normalized spacial score (nSPS) is 17.0. The number of rotatable bonds is 5. The zero-order chi connectivity index (χ0) is 16.9. The summed E-state index contributed by atoms with van der Waals surface area (Å²) < 4.78 is 0. The van der Waals surface area contributed by atoms with Crippen LogP contribution in [0.5, 0.6) is 0 Å². The Morgan fingerprint density at radius 2 is 2.17 bits per heavy atom. The SMILES string of the molecule is NC(=O)C1CCCN1C(=O)NCCc1csc(-c2ccncc2)n1. The Kier molecular flexibility index (Phi) is 5.05. The molecule has 0 bridgehead atoms. The van der Waals surface area contributed by atoms with E-state index in [2.05, 4.69) is 15.3 Å². The molecule has 1 saturated heterocycles. The van der Waals surface area contributed by atoms with Gasteiger partial charge in [-0.2, -0.15) is 0 Å². The third kappa shape index (κ3) is 3.70. The number of primary amides is 1. The number of likely N-dealkylation sites (tertiary alicyclic amines) is 1. The van der Waals surface area contributed by atoms with Gasteiger partial charge in [-0.15, -0.1) is 11.3 Å². The van der Waals surface area contributed by atoms with Crippen LogP contribution in [0.25, 0.3) is 10.6 Å². The molecule has 3 N–H and O–H groups in total. The highest BCUT2D eigenvalue weighted by Crippen LogP contribution is 2.23. The van der Waals surface area contributed by atoms with Crippen molar-refractivity contribution in [2.75, 3.05) is 13.1 Å². The van der Waals surface area contributed by atoms with Crippen molar-refractivity contribution in [1.82, 2.24) is 20.2 Å². The molecule has 1 fully saturated rings. The third-order valence-corrected chi connectivity index (χ3v) is 4.92. The van der Waals surface area contributed by atoms with E-state index >= 15 is 0 Å². The van der Waals surface area contributed by atoms with Gasteiger partial charge in [-0.25, -0.2) is 9.78 Å². The van der Waals surface area contributed by atoms with Crippen LogP contribution in [-0.4, -0.2) is 45.9 Å². The Hall–Kier alpha value is -2.48. The number of carbonyl (C=O) groups is 2. The number of pyridine rings is 1. The van der Waals surface area contributed by atoms with Gasteiger partial charge in [0.15, 0.2) is 0 Å². The summed E-state index contributed by atoms with van der Waals surface area (Å²) in [6.45, 7) is 1.04. The summed E-state index contributed by atoms with van der Waals surface area (Å²) in [5.74, 6) is -0.441. The van der Waals surface area contributed by atoms with E-state index < -0.39 is 11.9 Å². The molecule has 1 aliphatic rings. The van der Waals surface area contributed by atoms with Crippen LogP contribution in [0.1, 0.15) is 18.5 Å². The maximum atomic E-state index is 12.2. The molecule has 1 aliphatic heterocycles. The van der Waals surface area contributed by atoms with E-state index in [1.54, 1.807) is 23.7 Å². The lowest BCUT2D eigenvalue weighted by Crippen LogP contribution is -2.48. The van der Waals surface area contributed by atoms with Gasteiger partial charge in [0, 0.05) is 42.8 Å². The topological polar surface area (TPSA) is 101 Å². The molecule has 1 unspecified atom stereocenters. The van der Waals surface area contributed by atoms with Crippen molar-refractivity contribution in [3.05, 3.63) is 35.6 Å². The van der Waals surface area contributed by atoms with E-state index in [1.807, 2.05) is 17.5 Å². The fraction of sp³-hybridized carbons (Fsp3) is 0.375. The number of nitrogens with zero attached hydrogens (tertiary/aromatic N) is 3. The average molecular weight is 345 g/mol. The highest BCUT2D eigenvalue weighted by molar-refractivity contribution is 7.13. The molecule has 3 heterocycles. The van der Waals surface area contributed by atoms with Crippen molar-refractivity contribution in [1.29, 1.82) is 0 Å². The van der Waals surface area contributed by atoms with Crippen LogP contribution in [0.2, 0.25) is 0 Å².